The first kappa shape index (κ1) is 14.8. The van der Waals surface area contributed by atoms with Gasteiger partial charge in [-0.25, -0.2) is 0 Å². The van der Waals surface area contributed by atoms with E-state index in [2.05, 4.69) is 15.9 Å². The summed E-state index contributed by atoms with van der Waals surface area (Å²) in [5.41, 5.74) is 6.29. The van der Waals surface area contributed by atoms with E-state index >= 15 is 0 Å². The fraction of sp³-hybridized carbons (Fsp3) is 0.500. The predicted molar refractivity (Wildman–Crippen MR) is 81.5 cm³/mol. The zero-order chi connectivity index (χ0) is 13.8. The highest BCUT2D eigenvalue weighted by molar-refractivity contribution is 9.10. The summed E-state index contributed by atoms with van der Waals surface area (Å²) < 4.78 is 0.756. The molecule has 1 atom stereocenters. The lowest BCUT2D eigenvalue weighted by Crippen LogP contribution is -2.40. The third-order valence-electron chi connectivity index (χ3n) is 3.54. The van der Waals surface area contributed by atoms with Gasteiger partial charge in [0.2, 0.25) is 0 Å². The molecule has 0 radical (unpaired) electrons. The van der Waals surface area contributed by atoms with E-state index in [-0.39, 0.29) is 5.91 Å². The van der Waals surface area contributed by atoms with E-state index in [1.54, 1.807) is 18.2 Å². The highest BCUT2D eigenvalue weighted by Gasteiger charge is 2.25. The van der Waals surface area contributed by atoms with Crippen molar-refractivity contribution in [1.82, 2.24) is 4.90 Å². The molecular formula is C14H18BrClN2O. The van der Waals surface area contributed by atoms with Crippen molar-refractivity contribution < 1.29 is 4.79 Å². The lowest BCUT2D eigenvalue weighted by atomic mass is 9.94. The number of amides is 1. The van der Waals surface area contributed by atoms with Crippen molar-refractivity contribution in [2.75, 3.05) is 19.6 Å². The minimum Gasteiger partial charge on any atom is -0.338 e. The highest BCUT2D eigenvalue weighted by Crippen LogP contribution is 2.26. The van der Waals surface area contributed by atoms with Gasteiger partial charge in [-0.15, -0.1) is 0 Å². The number of halogens is 2. The molecule has 0 aliphatic carbocycles. The Balaban J connectivity index is 2.10. The number of benzene rings is 1. The second-order valence-electron chi connectivity index (χ2n) is 4.96. The molecule has 1 aromatic carbocycles. The molecule has 2 rings (SSSR count). The van der Waals surface area contributed by atoms with Gasteiger partial charge >= 0.3 is 0 Å². The van der Waals surface area contributed by atoms with Crippen molar-refractivity contribution in [3.8, 4) is 0 Å². The molecule has 19 heavy (non-hydrogen) atoms. The summed E-state index contributed by atoms with van der Waals surface area (Å²) >= 11 is 9.31. The maximum Gasteiger partial charge on any atom is 0.255 e. The van der Waals surface area contributed by atoms with Gasteiger partial charge in [-0.2, -0.15) is 0 Å². The van der Waals surface area contributed by atoms with Crippen LogP contribution in [-0.4, -0.2) is 30.4 Å². The van der Waals surface area contributed by atoms with Crippen LogP contribution in [0.15, 0.2) is 22.7 Å². The van der Waals surface area contributed by atoms with Gasteiger partial charge in [0.05, 0.1) is 5.56 Å². The zero-order valence-electron chi connectivity index (χ0n) is 10.7. The number of piperidine rings is 1. The van der Waals surface area contributed by atoms with Gasteiger partial charge in [-0.3, -0.25) is 4.79 Å². The molecule has 1 saturated heterocycles. The zero-order valence-corrected chi connectivity index (χ0v) is 13.1. The smallest absolute Gasteiger partial charge is 0.255 e. The van der Waals surface area contributed by atoms with Crippen molar-refractivity contribution >= 4 is 33.4 Å². The Bertz CT molecular complexity index is 465. The van der Waals surface area contributed by atoms with Crippen molar-refractivity contribution in [3.63, 3.8) is 0 Å². The average Bonchev–Trinajstić information content (AvgIpc) is 2.39. The second-order valence-corrected chi connectivity index (χ2v) is 6.25. The summed E-state index contributed by atoms with van der Waals surface area (Å²) in [6.07, 6.45) is 3.22. The lowest BCUT2D eigenvalue weighted by molar-refractivity contribution is 0.0668. The molecule has 104 valence electrons. The lowest BCUT2D eigenvalue weighted by Gasteiger charge is -2.33. The molecule has 3 nitrogen and oxygen atoms in total. The maximum absolute atomic E-state index is 12.5. The summed E-state index contributed by atoms with van der Waals surface area (Å²) in [4.78, 5) is 14.4. The summed E-state index contributed by atoms with van der Waals surface area (Å²) in [6.45, 7) is 2.33. The minimum absolute atomic E-state index is 0.0743. The van der Waals surface area contributed by atoms with E-state index in [1.165, 1.54) is 6.42 Å². The topological polar surface area (TPSA) is 46.3 Å². The van der Waals surface area contributed by atoms with Gasteiger partial charge < -0.3 is 10.6 Å². The average molecular weight is 346 g/mol. The molecule has 1 aliphatic rings. The van der Waals surface area contributed by atoms with Gasteiger partial charge in [-0.1, -0.05) is 11.6 Å². The summed E-state index contributed by atoms with van der Waals surface area (Å²) in [7, 11) is 0. The van der Waals surface area contributed by atoms with Crippen LogP contribution in [0, 0.1) is 5.92 Å². The number of nitrogens with two attached hydrogens (primary N) is 1. The standard InChI is InChI=1S/C14H18BrClN2O/c15-13-8-11(16)3-4-12(13)14(19)18-7-1-2-10(9-18)5-6-17/h3-4,8,10H,1-2,5-7,9,17H2. The largest absolute Gasteiger partial charge is 0.338 e. The minimum atomic E-state index is 0.0743. The SMILES string of the molecule is NCCC1CCCN(C(=O)c2ccc(Cl)cc2Br)C1. The van der Waals surface area contributed by atoms with Crippen LogP contribution in [0.4, 0.5) is 0 Å². The molecule has 2 N–H and O–H groups in total. The van der Waals surface area contributed by atoms with Gasteiger partial charge in [0.25, 0.3) is 5.91 Å². The fourth-order valence-electron chi connectivity index (χ4n) is 2.55. The Kier molecular flexibility index (Phi) is 5.25. The number of carbonyl (C=O) groups is 1. The van der Waals surface area contributed by atoms with Gasteiger partial charge in [0.15, 0.2) is 0 Å². The van der Waals surface area contributed by atoms with Crippen LogP contribution in [0.5, 0.6) is 0 Å². The molecular weight excluding hydrogens is 328 g/mol. The molecule has 1 amide bonds. The Morgan fingerprint density at radius 1 is 1.53 bits per heavy atom. The van der Waals surface area contributed by atoms with Crippen molar-refractivity contribution in [1.29, 1.82) is 0 Å². The van der Waals surface area contributed by atoms with E-state index in [4.69, 9.17) is 17.3 Å². The molecule has 0 aromatic heterocycles. The second kappa shape index (κ2) is 6.73. The normalized spacial score (nSPS) is 19.5. The van der Waals surface area contributed by atoms with Gasteiger partial charge in [0.1, 0.15) is 0 Å². The van der Waals surface area contributed by atoms with Crippen LogP contribution in [0.3, 0.4) is 0 Å². The van der Waals surface area contributed by atoms with Crippen LogP contribution < -0.4 is 5.73 Å². The first-order valence-electron chi connectivity index (χ1n) is 6.56. The van der Waals surface area contributed by atoms with Gasteiger partial charge in [-0.05, 0) is 65.9 Å². The van der Waals surface area contributed by atoms with Crippen molar-refractivity contribution in [3.05, 3.63) is 33.3 Å². The van der Waals surface area contributed by atoms with E-state index in [1.807, 2.05) is 4.90 Å². The van der Waals surface area contributed by atoms with Crippen LogP contribution in [0.2, 0.25) is 5.02 Å². The van der Waals surface area contributed by atoms with Crippen LogP contribution in [0.25, 0.3) is 0 Å². The number of carbonyl (C=O) groups excluding carboxylic acids is 1. The summed E-state index contributed by atoms with van der Waals surface area (Å²) in [6, 6.07) is 5.29. The molecule has 1 aromatic rings. The molecule has 1 heterocycles. The molecule has 1 unspecified atom stereocenters. The quantitative estimate of drug-likeness (QED) is 0.913. The summed E-state index contributed by atoms with van der Waals surface area (Å²) in [5, 5.41) is 0.628. The Hall–Kier alpha value is -0.580. The Morgan fingerprint density at radius 3 is 3.00 bits per heavy atom. The predicted octanol–water partition coefficient (Wildman–Crippen LogP) is 3.30. The molecule has 0 bridgehead atoms. The number of likely N-dealkylation sites (tertiary alicyclic amines) is 1. The fourth-order valence-corrected chi connectivity index (χ4v) is 3.41. The summed E-state index contributed by atoms with van der Waals surface area (Å²) in [5.74, 6) is 0.610. The van der Waals surface area contributed by atoms with E-state index < -0.39 is 0 Å². The van der Waals surface area contributed by atoms with Crippen LogP contribution >= 0.6 is 27.5 Å². The molecule has 1 fully saturated rings. The van der Waals surface area contributed by atoms with Crippen molar-refractivity contribution in [2.24, 2.45) is 11.7 Å². The van der Waals surface area contributed by atoms with E-state index in [0.29, 0.717) is 23.0 Å². The third-order valence-corrected chi connectivity index (χ3v) is 4.43. The Morgan fingerprint density at radius 2 is 2.32 bits per heavy atom. The number of rotatable bonds is 3. The van der Waals surface area contributed by atoms with E-state index in [9.17, 15) is 4.79 Å². The first-order chi connectivity index (χ1) is 9.11. The monoisotopic (exact) mass is 344 g/mol. The number of hydrogen-bond donors (Lipinski definition) is 1. The van der Waals surface area contributed by atoms with Crippen LogP contribution in [-0.2, 0) is 0 Å². The molecule has 0 spiro atoms. The third kappa shape index (κ3) is 3.71. The Labute approximate surface area is 127 Å². The number of hydrogen-bond acceptors (Lipinski definition) is 2. The van der Waals surface area contributed by atoms with E-state index in [0.717, 1.165) is 30.4 Å². The molecule has 5 heteroatoms. The molecule has 1 aliphatic heterocycles. The van der Waals surface area contributed by atoms with Crippen molar-refractivity contribution in [2.45, 2.75) is 19.3 Å². The molecule has 0 saturated carbocycles. The maximum atomic E-state index is 12.5. The first-order valence-corrected chi connectivity index (χ1v) is 7.73. The van der Waals surface area contributed by atoms with Gasteiger partial charge in [0, 0.05) is 22.6 Å². The number of nitrogens with zero attached hydrogens (tertiary/aromatic N) is 1. The van der Waals surface area contributed by atoms with Crippen LogP contribution in [0.1, 0.15) is 29.6 Å². The highest BCUT2D eigenvalue weighted by atomic mass is 79.9.